The molecule has 3 unspecified atom stereocenters. The molecule has 14 heteroatoms. The van der Waals surface area contributed by atoms with Crippen LogP contribution in [-0.2, 0) is 23.9 Å². The molecule has 0 aromatic rings. The summed E-state index contributed by atoms with van der Waals surface area (Å²) in [7, 11) is 1.46. The maximum absolute atomic E-state index is 12.2. The molecule has 2 amide bonds. The van der Waals surface area contributed by atoms with Crippen LogP contribution in [0.15, 0.2) is 0 Å². The molecule has 1 aliphatic heterocycles. The zero-order chi connectivity index (χ0) is 22.8. The van der Waals surface area contributed by atoms with Crippen LogP contribution in [0.2, 0.25) is 0 Å². The summed E-state index contributed by atoms with van der Waals surface area (Å²) in [4.78, 5) is 35.3. The monoisotopic (exact) mass is 455 g/mol. The van der Waals surface area contributed by atoms with E-state index in [0.29, 0.717) is 0 Å². The summed E-state index contributed by atoms with van der Waals surface area (Å²) in [6, 6.07) is -1.99. The molecule has 13 nitrogen and oxygen atoms in total. The van der Waals surface area contributed by atoms with Gasteiger partial charge in [-0.3, -0.25) is 9.59 Å². The number of hydrogen-bond donors (Lipinski definition) is 8. The fourth-order valence-electron chi connectivity index (χ4n) is 2.57. The Morgan fingerprint density at radius 2 is 1.80 bits per heavy atom. The van der Waals surface area contributed by atoms with Crippen molar-refractivity contribution in [2.45, 2.75) is 42.8 Å². The van der Waals surface area contributed by atoms with Crippen LogP contribution in [0.5, 0.6) is 0 Å². The third-order valence-corrected chi connectivity index (χ3v) is 5.01. The Hall–Kier alpha value is -1.52. The molecule has 1 fully saturated rings. The molecule has 0 radical (unpaired) electrons. The molecule has 0 bridgehead atoms. The lowest BCUT2D eigenvalue weighted by molar-refractivity contribution is -0.299. The van der Waals surface area contributed by atoms with Gasteiger partial charge in [-0.05, 0) is 13.3 Å². The highest BCUT2D eigenvalue weighted by Crippen LogP contribution is 2.21. The van der Waals surface area contributed by atoms with Crippen molar-refractivity contribution in [2.75, 3.05) is 38.8 Å². The molecule has 0 aromatic heterocycles. The second-order valence-electron chi connectivity index (χ2n) is 6.51. The lowest BCUT2D eigenvalue weighted by atomic mass is 9.99. The van der Waals surface area contributed by atoms with Gasteiger partial charge in [0.2, 0.25) is 11.8 Å². The Bertz CT molecular complexity index is 581. The summed E-state index contributed by atoms with van der Waals surface area (Å²) in [5.41, 5.74) is 0. The number of carboxylic acid groups (broad SMARTS) is 1. The molecule has 30 heavy (non-hydrogen) atoms. The summed E-state index contributed by atoms with van der Waals surface area (Å²) < 4.78 is 10.2. The summed E-state index contributed by atoms with van der Waals surface area (Å²) in [6.45, 7) is -1.42. The first-order valence-electron chi connectivity index (χ1n) is 9.04. The van der Waals surface area contributed by atoms with Gasteiger partial charge in [-0.2, -0.15) is 11.8 Å². The molecular weight excluding hydrogens is 426 g/mol. The van der Waals surface area contributed by atoms with E-state index in [1.54, 1.807) is 6.26 Å². The number of rotatable bonds is 12. The number of carbonyl (C=O) groups is 3. The van der Waals surface area contributed by atoms with Crippen LogP contribution in [0, 0.1) is 0 Å². The van der Waals surface area contributed by atoms with Crippen molar-refractivity contribution in [1.29, 1.82) is 0 Å². The van der Waals surface area contributed by atoms with Crippen LogP contribution >= 0.6 is 11.8 Å². The lowest BCUT2D eigenvalue weighted by Crippen LogP contribution is -2.59. The number of ether oxygens (including phenoxy) is 2. The molecule has 0 aromatic carbocycles. The topological polar surface area (TPSA) is 207 Å². The number of amides is 2. The Balaban J connectivity index is 2.50. The van der Waals surface area contributed by atoms with Crippen LogP contribution in [0.4, 0.5) is 0 Å². The van der Waals surface area contributed by atoms with Gasteiger partial charge in [0, 0.05) is 12.3 Å². The van der Waals surface area contributed by atoms with E-state index < -0.39 is 73.8 Å². The number of aliphatic hydroxyl groups is 4. The van der Waals surface area contributed by atoms with E-state index in [2.05, 4.69) is 16.0 Å². The molecule has 0 aliphatic carbocycles. The Labute approximate surface area is 177 Å². The number of likely N-dealkylation sites (N-methyl/N-ethyl adjacent to an activating group) is 1. The van der Waals surface area contributed by atoms with Crippen molar-refractivity contribution in [3.8, 4) is 0 Å². The average Bonchev–Trinajstić information content (AvgIpc) is 2.71. The van der Waals surface area contributed by atoms with E-state index in [-0.39, 0.29) is 12.3 Å². The molecule has 174 valence electrons. The van der Waals surface area contributed by atoms with Gasteiger partial charge in [-0.1, -0.05) is 0 Å². The van der Waals surface area contributed by atoms with Crippen LogP contribution < -0.4 is 16.0 Å². The van der Waals surface area contributed by atoms with Crippen molar-refractivity contribution in [3.63, 3.8) is 0 Å². The first kappa shape index (κ1) is 26.5. The third-order valence-electron chi connectivity index (χ3n) is 4.34. The number of thioether (sulfide) groups is 1. The predicted octanol–water partition coefficient (Wildman–Crippen LogP) is -4.56. The van der Waals surface area contributed by atoms with Gasteiger partial charge >= 0.3 is 5.97 Å². The number of hydrogen-bond acceptors (Lipinski definition) is 11. The van der Waals surface area contributed by atoms with Gasteiger partial charge < -0.3 is 51.0 Å². The van der Waals surface area contributed by atoms with Gasteiger partial charge in [0.25, 0.3) is 0 Å². The quantitative estimate of drug-likeness (QED) is 0.140. The third kappa shape index (κ3) is 7.63. The molecule has 7 atom stereocenters. The maximum Gasteiger partial charge on any atom is 0.327 e. The number of aliphatic hydroxyl groups excluding tert-OH is 4. The summed E-state index contributed by atoms with van der Waals surface area (Å²) in [5, 5.41) is 54.9. The van der Waals surface area contributed by atoms with Crippen molar-refractivity contribution in [2.24, 2.45) is 0 Å². The molecule has 0 saturated carbocycles. The average molecular weight is 455 g/mol. The first-order chi connectivity index (χ1) is 14.2. The van der Waals surface area contributed by atoms with E-state index in [0.717, 1.165) is 0 Å². The highest BCUT2D eigenvalue weighted by molar-refractivity contribution is 7.98. The van der Waals surface area contributed by atoms with E-state index in [1.807, 2.05) is 0 Å². The Morgan fingerprint density at radius 3 is 2.33 bits per heavy atom. The number of nitrogens with one attached hydrogen (secondary N) is 3. The Kier molecular flexibility index (Phi) is 11.5. The predicted molar refractivity (Wildman–Crippen MR) is 104 cm³/mol. The van der Waals surface area contributed by atoms with Gasteiger partial charge in [-0.15, -0.1) is 0 Å². The van der Waals surface area contributed by atoms with Gasteiger partial charge in [0.1, 0.15) is 43.1 Å². The minimum absolute atomic E-state index is 0.176. The fraction of sp³-hybridized carbons (Fsp3) is 0.812. The smallest absolute Gasteiger partial charge is 0.327 e. The summed E-state index contributed by atoms with van der Waals surface area (Å²) in [6.07, 6.45) is -5.75. The second-order valence-corrected chi connectivity index (χ2v) is 7.42. The van der Waals surface area contributed by atoms with E-state index >= 15 is 0 Å². The van der Waals surface area contributed by atoms with Gasteiger partial charge in [0.15, 0.2) is 6.29 Å². The van der Waals surface area contributed by atoms with Crippen molar-refractivity contribution in [1.82, 2.24) is 16.0 Å². The molecule has 1 heterocycles. The second kappa shape index (κ2) is 13.0. The summed E-state index contributed by atoms with van der Waals surface area (Å²) >= 11 is 1.26. The van der Waals surface area contributed by atoms with Crippen LogP contribution in [0.3, 0.4) is 0 Å². The lowest BCUT2D eigenvalue weighted by Gasteiger charge is -2.39. The normalized spacial score (nSPS) is 28.4. The molecular formula is C16H29N3O10S. The van der Waals surface area contributed by atoms with Crippen molar-refractivity contribution < 1.29 is 49.4 Å². The SMILES string of the molecule is CN[C@@H](CNC(=O)COC1OC(CO)C(O)[C@H](O)[C@H]1O)C(=O)N[C@H](CSC)C(=O)O. The minimum Gasteiger partial charge on any atom is -0.480 e. The zero-order valence-corrected chi connectivity index (χ0v) is 17.4. The Morgan fingerprint density at radius 1 is 1.13 bits per heavy atom. The number of carbonyl (C=O) groups excluding carboxylic acids is 2. The van der Waals surface area contributed by atoms with Crippen molar-refractivity contribution in [3.05, 3.63) is 0 Å². The molecule has 1 saturated heterocycles. The molecule has 8 N–H and O–H groups in total. The van der Waals surface area contributed by atoms with E-state index in [4.69, 9.17) is 19.7 Å². The standard InChI is InChI=1S/C16H29N3O10S/c1-17-7(14(25)19-8(6-30-2)15(26)27)3-18-10(21)5-28-16-13(24)12(23)11(22)9(4-20)29-16/h7-9,11-13,16-17,20,22-24H,3-6H2,1-2H3,(H,18,21)(H,19,25)(H,26,27)/t7-,8+,9?,11?,12-,13+,16?/m0/s1. The van der Waals surface area contributed by atoms with Gasteiger partial charge in [0.05, 0.1) is 6.61 Å². The molecule has 1 aliphatic rings. The molecule has 0 spiro atoms. The van der Waals surface area contributed by atoms with Gasteiger partial charge in [-0.25, -0.2) is 4.79 Å². The van der Waals surface area contributed by atoms with Crippen LogP contribution in [-0.4, -0.2) is 125 Å². The number of aliphatic carboxylic acids is 1. The largest absolute Gasteiger partial charge is 0.480 e. The van der Waals surface area contributed by atoms with Crippen molar-refractivity contribution >= 4 is 29.5 Å². The first-order valence-corrected chi connectivity index (χ1v) is 10.4. The molecule has 1 rings (SSSR count). The fourth-order valence-corrected chi connectivity index (χ4v) is 3.13. The van der Waals surface area contributed by atoms with Crippen LogP contribution in [0.1, 0.15) is 0 Å². The van der Waals surface area contributed by atoms with Crippen LogP contribution in [0.25, 0.3) is 0 Å². The van der Waals surface area contributed by atoms with E-state index in [9.17, 15) is 29.7 Å². The highest BCUT2D eigenvalue weighted by Gasteiger charge is 2.44. The zero-order valence-electron chi connectivity index (χ0n) is 16.6. The summed E-state index contributed by atoms with van der Waals surface area (Å²) in [5.74, 6) is -2.30. The maximum atomic E-state index is 12.2. The minimum atomic E-state index is -1.64. The van der Waals surface area contributed by atoms with E-state index in [1.165, 1.54) is 18.8 Å². The highest BCUT2D eigenvalue weighted by atomic mass is 32.2. The number of carboxylic acids is 1.